The lowest BCUT2D eigenvalue weighted by molar-refractivity contribution is 0.319. The van der Waals surface area contributed by atoms with E-state index in [1.54, 1.807) is 0 Å². The first-order chi connectivity index (χ1) is 11.4. The average molecular weight is 363 g/mol. The van der Waals surface area contributed by atoms with E-state index in [0.717, 1.165) is 25.7 Å². The molecule has 0 radical (unpaired) electrons. The Kier molecular flexibility index (Phi) is 15.5. The molecule has 2 atom stereocenters. The molecule has 0 saturated heterocycles. The van der Waals surface area contributed by atoms with Gasteiger partial charge >= 0.3 is 7.60 Å². The minimum Gasteiger partial charge on any atom is -0.324 e. The Morgan fingerprint density at radius 3 is 1.46 bits per heavy atom. The second kappa shape index (κ2) is 15.4. The molecule has 0 saturated carbocycles. The smallest absolute Gasteiger partial charge is 0.324 e. The molecule has 0 aliphatic heterocycles. The van der Waals surface area contributed by atoms with Crippen molar-refractivity contribution < 1.29 is 14.4 Å². The Morgan fingerprint density at radius 2 is 1.04 bits per heavy atom. The van der Waals surface area contributed by atoms with Crippen LogP contribution < -0.4 is 0 Å². The lowest BCUT2D eigenvalue weighted by atomic mass is 9.95. The molecule has 0 amide bonds. The summed E-state index contributed by atoms with van der Waals surface area (Å²) in [6.07, 6.45) is 17.6. The van der Waals surface area contributed by atoms with E-state index in [2.05, 4.69) is 13.8 Å². The summed E-state index contributed by atoms with van der Waals surface area (Å²) in [6, 6.07) is 0. The molecule has 2 unspecified atom stereocenters. The Labute approximate surface area is 151 Å². The van der Waals surface area contributed by atoms with Crippen LogP contribution in [0, 0.1) is 5.92 Å². The van der Waals surface area contributed by atoms with Gasteiger partial charge in [0.25, 0.3) is 0 Å². The van der Waals surface area contributed by atoms with Gasteiger partial charge < -0.3 is 9.79 Å². The minimum atomic E-state index is -3.96. The topological polar surface area (TPSA) is 57.5 Å². The van der Waals surface area contributed by atoms with Crippen molar-refractivity contribution in [2.75, 3.05) is 0 Å². The van der Waals surface area contributed by atoms with Gasteiger partial charge in [-0.05, 0) is 18.8 Å². The van der Waals surface area contributed by atoms with Gasteiger partial charge in [-0.2, -0.15) is 0 Å². The molecule has 0 heterocycles. The van der Waals surface area contributed by atoms with Gasteiger partial charge in [-0.3, -0.25) is 4.57 Å². The van der Waals surface area contributed by atoms with Crippen LogP contribution in [-0.4, -0.2) is 15.4 Å². The maximum Gasteiger partial charge on any atom is 0.328 e. The van der Waals surface area contributed by atoms with Crippen LogP contribution >= 0.6 is 7.60 Å². The molecule has 0 spiro atoms. The fourth-order valence-corrected chi connectivity index (χ4v) is 4.86. The molecule has 0 aliphatic carbocycles. The Morgan fingerprint density at radius 1 is 0.667 bits per heavy atom. The Balaban J connectivity index is 3.92. The maximum absolute atomic E-state index is 11.8. The summed E-state index contributed by atoms with van der Waals surface area (Å²) in [6.45, 7) is 6.46. The first kappa shape index (κ1) is 24.1. The summed E-state index contributed by atoms with van der Waals surface area (Å²) in [5.74, 6) is 0.136. The van der Waals surface area contributed by atoms with Gasteiger partial charge in [0.2, 0.25) is 0 Å². The molecule has 0 aromatic rings. The van der Waals surface area contributed by atoms with E-state index >= 15 is 0 Å². The van der Waals surface area contributed by atoms with Crippen LogP contribution in [0.3, 0.4) is 0 Å². The zero-order chi connectivity index (χ0) is 18.3. The van der Waals surface area contributed by atoms with Crippen LogP contribution in [0.1, 0.15) is 117 Å². The third-order valence-corrected chi connectivity index (χ3v) is 6.84. The van der Waals surface area contributed by atoms with E-state index in [1.807, 2.05) is 6.92 Å². The third kappa shape index (κ3) is 13.4. The van der Waals surface area contributed by atoms with Crippen molar-refractivity contribution >= 4 is 7.60 Å². The van der Waals surface area contributed by atoms with Gasteiger partial charge in [0.1, 0.15) is 0 Å². The summed E-state index contributed by atoms with van der Waals surface area (Å²) < 4.78 is 11.8. The molecule has 0 aromatic heterocycles. The van der Waals surface area contributed by atoms with Crippen molar-refractivity contribution in [3.05, 3.63) is 0 Å². The predicted molar refractivity (Wildman–Crippen MR) is 106 cm³/mol. The summed E-state index contributed by atoms with van der Waals surface area (Å²) in [4.78, 5) is 19.4. The van der Waals surface area contributed by atoms with E-state index in [-0.39, 0.29) is 5.92 Å². The highest BCUT2D eigenvalue weighted by Crippen LogP contribution is 2.48. The first-order valence-electron chi connectivity index (χ1n) is 10.5. The lowest BCUT2D eigenvalue weighted by Crippen LogP contribution is -2.18. The van der Waals surface area contributed by atoms with Gasteiger partial charge in [-0.25, -0.2) is 0 Å². The highest BCUT2D eigenvalue weighted by molar-refractivity contribution is 7.52. The van der Waals surface area contributed by atoms with Crippen LogP contribution in [0.2, 0.25) is 0 Å². The number of unbranched alkanes of at least 4 members (excludes halogenated alkanes) is 11. The van der Waals surface area contributed by atoms with E-state index < -0.39 is 13.3 Å². The third-order valence-electron chi connectivity index (χ3n) is 5.21. The van der Waals surface area contributed by atoms with Gasteiger partial charge in [0, 0.05) is 0 Å². The molecule has 146 valence electrons. The van der Waals surface area contributed by atoms with Crippen LogP contribution in [0.5, 0.6) is 0 Å². The van der Waals surface area contributed by atoms with Crippen LogP contribution in [0.4, 0.5) is 0 Å². The van der Waals surface area contributed by atoms with Gasteiger partial charge in [0.05, 0.1) is 5.66 Å². The molecule has 0 aromatic carbocycles. The highest BCUT2D eigenvalue weighted by atomic mass is 31.2. The summed E-state index contributed by atoms with van der Waals surface area (Å²) in [5, 5.41) is 0. The summed E-state index contributed by atoms with van der Waals surface area (Å²) >= 11 is 0. The second-order valence-corrected chi connectivity index (χ2v) is 9.44. The van der Waals surface area contributed by atoms with Crippen molar-refractivity contribution in [2.45, 2.75) is 123 Å². The van der Waals surface area contributed by atoms with Crippen LogP contribution in [0.25, 0.3) is 0 Å². The molecule has 2 N–H and O–H groups in total. The largest absolute Gasteiger partial charge is 0.328 e. The van der Waals surface area contributed by atoms with Gasteiger partial charge in [-0.1, -0.05) is 104 Å². The van der Waals surface area contributed by atoms with Crippen molar-refractivity contribution in [1.29, 1.82) is 0 Å². The van der Waals surface area contributed by atoms with E-state index in [9.17, 15) is 14.4 Å². The van der Waals surface area contributed by atoms with Crippen LogP contribution in [-0.2, 0) is 4.57 Å². The van der Waals surface area contributed by atoms with Crippen LogP contribution in [0.15, 0.2) is 0 Å². The first-order valence-corrected chi connectivity index (χ1v) is 12.2. The molecule has 0 bridgehead atoms. The molecule has 24 heavy (non-hydrogen) atoms. The maximum atomic E-state index is 11.8. The predicted octanol–water partition coefficient (Wildman–Crippen LogP) is 7.06. The highest BCUT2D eigenvalue weighted by Gasteiger charge is 2.32. The van der Waals surface area contributed by atoms with Gasteiger partial charge in [-0.15, -0.1) is 0 Å². The summed E-state index contributed by atoms with van der Waals surface area (Å²) in [7, 11) is -3.96. The molecule has 3 nitrogen and oxygen atoms in total. The zero-order valence-electron chi connectivity index (χ0n) is 16.5. The standard InChI is InChI=1S/C20H43O3P/c1-4-6-8-10-11-12-14-15-17-19(3)20(24(21,22)23)18-16-13-9-7-5-2/h19-20H,4-18H2,1-3H3,(H2,21,22,23). The number of hydrogen-bond donors (Lipinski definition) is 2. The van der Waals surface area contributed by atoms with Crippen molar-refractivity contribution in [3.8, 4) is 0 Å². The fraction of sp³-hybridized carbons (Fsp3) is 1.00. The van der Waals surface area contributed by atoms with E-state index in [1.165, 1.54) is 64.2 Å². The monoisotopic (exact) mass is 362 g/mol. The fourth-order valence-electron chi connectivity index (χ4n) is 3.53. The molecule has 4 heteroatoms. The lowest BCUT2D eigenvalue weighted by Gasteiger charge is -2.25. The van der Waals surface area contributed by atoms with Crippen molar-refractivity contribution in [2.24, 2.45) is 5.92 Å². The molecular weight excluding hydrogens is 319 g/mol. The molecular formula is C20H43O3P. The molecule has 0 fully saturated rings. The Bertz CT molecular complexity index is 314. The zero-order valence-corrected chi connectivity index (χ0v) is 17.4. The summed E-state index contributed by atoms with van der Waals surface area (Å²) in [5.41, 5.74) is -0.427. The Hall–Kier alpha value is 0.150. The van der Waals surface area contributed by atoms with E-state index in [4.69, 9.17) is 0 Å². The minimum absolute atomic E-state index is 0.136. The SMILES string of the molecule is CCCCCCCCCCC(C)C(CCCCCCC)P(=O)(O)O. The van der Waals surface area contributed by atoms with Crippen molar-refractivity contribution in [3.63, 3.8) is 0 Å². The molecule has 0 aliphatic rings. The van der Waals surface area contributed by atoms with Crippen molar-refractivity contribution in [1.82, 2.24) is 0 Å². The average Bonchev–Trinajstić information content (AvgIpc) is 2.52. The number of rotatable bonds is 17. The second-order valence-electron chi connectivity index (χ2n) is 7.60. The normalized spacial score (nSPS) is 14.7. The van der Waals surface area contributed by atoms with E-state index in [0.29, 0.717) is 6.42 Å². The quantitative estimate of drug-likeness (QED) is 0.215. The number of hydrogen-bond acceptors (Lipinski definition) is 1. The molecule has 0 rings (SSSR count). The van der Waals surface area contributed by atoms with Gasteiger partial charge in [0.15, 0.2) is 0 Å².